The van der Waals surface area contributed by atoms with Crippen LogP contribution in [0.4, 0.5) is 5.69 Å². The van der Waals surface area contributed by atoms with Crippen LogP contribution in [0.25, 0.3) is 0 Å². The number of benzene rings is 1. The van der Waals surface area contributed by atoms with Crippen molar-refractivity contribution in [1.82, 2.24) is 15.0 Å². The molecule has 1 aromatic heterocycles. The number of nitrogens with one attached hydrogen (secondary N) is 1. The summed E-state index contributed by atoms with van der Waals surface area (Å²) in [5, 5.41) is 21.8. The number of hydrogen-bond acceptors (Lipinski definition) is 4. The van der Waals surface area contributed by atoms with Crippen LogP contribution in [0.3, 0.4) is 0 Å². The molecule has 2 saturated carbocycles. The highest BCUT2D eigenvalue weighted by molar-refractivity contribution is 6.33. The largest absolute Gasteiger partial charge is 0.481 e. The number of anilines is 1. The van der Waals surface area contributed by atoms with E-state index < -0.39 is 11.9 Å². The zero-order valence-electron chi connectivity index (χ0n) is 19.6. The summed E-state index contributed by atoms with van der Waals surface area (Å²) in [6.07, 6.45) is 5.40. The molecule has 1 aromatic carbocycles. The zero-order chi connectivity index (χ0) is 23.7. The molecule has 33 heavy (non-hydrogen) atoms. The van der Waals surface area contributed by atoms with E-state index >= 15 is 0 Å². The Balaban J connectivity index is 1.52. The third-order valence-corrected chi connectivity index (χ3v) is 7.03. The summed E-state index contributed by atoms with van der Waals surface area (Å²) < 4.78 is 2.05. The summed E-state index contributed by atoms with van der Waals surface area (Å²) in [6, 6.07) is 5.75. The molecule has 1 heterocycles. The summed E-state index contributed by atoms with van der Waals surface area (Å²) in [4.78, 5) is 24.5. The maximum Gasteiger partial charge on any atom is 0.304 e. The zero-order valence-corrected chi connectivity index (χ0v) is 20.3. The van der Waals surface area contributed by atoms with E-state index in [4.69, 9.17) is 11.6 Å². The predicted octanol–water partition coefficient (Wildman–Crippen LogP) is 5.70. The van der Waals surface area contributed by atoms with Crippen LogP contribution < -0.4 is 5.32 Å². The van der Waals surface area contributed by atoms with E-state index in [1.807, 2.05) is 17.7 Å². The highest BCUT2D eigenvalue weighted by Gasteiger charge is 2.40. The molecule has 0 spiro atoms. The van der Waals surface area contributed by atoms with Gasteiger partial charge in [-0.15, -0.1) is 5.10 Å². The Kier molecular flexibility index (Phi) is 7.07. The third kappa shape index (κ3) is 5.75. The minimum Gasteiger partial charge on any atom is -0.481 e. The molecule has 2 aliphatic rings. The average Bonchev–Trinajstić information content (AvgIpc) is 3.44. The Labute approximate surface area is 199 Å². The Bertz CT molecular complexity index is 1020. The molecule has 178 valence electrons. The molecule has 2 aromatic rings. The van der Waals surface area contributed by atoms with Crippen LogP contribution in [-0.2, 0) is 9.59 Å². The first-order chi connectivity index (χ1) is 15.7. The predicted molar refractivity (Wildman–Crippen MR) is 128 cm³/mol. The molecule has 7 nitrogen and oxygen atoms in total. The number of aliphatic carboxylic acids is 1. The van der Waals surface area contributed by atoms with Gasteiger partial charge in [0.2, 0.25) is 5.91 Å². The molecule has 2 N–H and O–H groups in total. The molecule has 4 rings (SSSR count). The van der Waals surface area contributed by atoms with Gasteiger partial charge in [0.1, 0.15) is 0 Å². The molecular formula is C25H33ClN4O3. The summed E-state index contributed by atoms with van der Waals surface area (Å²) in [7, 11) is 0. The van der Waals surface area contributed by atoms with Crippen LogP contribution >= 0.6 is 11.6 Å². The number of halogens is 1. The van der Waals surface area contributed by atoms with E-state index in [0.29, 0.717) is 34.3 Å². The van der Waals surface area contributed by atoms with Gasteiger partial charge in [0, 0.05) is 18.3 Å². The van der Waals surface area contributed by atoms with Gasteiger partial charge in [-0.2, -0.15) is 0 Å². The van der Waals surface area contributed by atoms with E-state index in [9.17, 15) is 14.7 Å². The fraction of sp³-hybridized carbons (Fsp3) is 0.600. The number of carbonyl (C=O) groups excluding carboxylic acids is 1. The fourth-order valence-corrected chi connectivity index (χ4v) is 5.29. The summed E-state index contributed by atoms with van der Waals surface area (Å²) in [5.74, 6) is 0.0231. The third-order valence-electron chi connectivity index (χ3n) is 6.72. The molecule has 0 aliphatic heterocycles. The molecule has 1 atom stereocenters. The lowest BCUT2D eigenvalue weighted by Gasteiger charge is -2.37. The topological polar surface area (TPSA) is 97.1 Å². The van der Waals surface area contributed by atoms with Crippen molar-refractivity contribution in [2.75, 3.05) is 5.32 Å². The normalized spacial score (nSPS) is 21.0. The number of aromatic nitrogens is 3. The van der Waals surface area contributed by atoms with Crippen LogP contribution in [0.5, 0.6) is 0 Å². The van der Waals surface area contributed by atoms with Crippen molar-refractivity contribution in [2.45, 2.75) is 83.6 Å². The monoisotopic (exact) mass is 472 g/mol. The lowest BCUT2D eigenvalue weighted by atomic mass is 9.75. The number of aryl methyl sites for hydroxylation is 1. The number of carboxylic acid groups (broad SMARTS) is 1. The molecular weight excluding hydrogens is 440 g/mol. The Morgan fingerprint density at radius 2 is 1.97 bits per heavy atom. The van der Waals surface area contributed by atoms with Crippen molar-refractivity contribution in [3.05, 3.63) is 40.2 Å². The van der Waals surface area contributed by atoms with Gasteiger partial charge in [0.05, 0.1) is 34.6 Å². The van der Waals surface area contributed by atoms with Crippen molar-refractivity contribution in [2.24, 2.45) is 11.8 Å². The Morgan fingerprint density at radius 1 is 1.24 bits per heavy atom. The van der Waals surface area contributed by atoms with Gasteiger partial charge in [0.15, 0.2) is 0 Å². The maximum atomic E-state index is 12.8. The second-order valence-corrected chi connectivity index (χ2v) is 10.6. The molecule has 0 bridgehead atoms. The number of hydrogen-bond donors (Lipinski definition) is 2. The first kappa shape index (κ1) is 23.7. The number of nitrogens with zero attached hydrogens (tertiary/aromatic N) is 3. The van der Waals surface area contributed by atoms with E-state index in [1.165, 1.54) is 6.42 Å². The second-order valence-electron chi connectivity index (χ2n) is 10.2. The number of amides is 1. The van der Waals surface area contributed by atoms with Gasteiger partial charge in [-0.3, -0.25) is 9.59 Å². The summed E-state index contributed by atoms with van der Waals surface area (Å²) in [6.45, 7) is 6.43. The van der Waals surface area contributed by atoms with Crippen molar-refractivity contribution in [3.63, 3.8) is 0 Å². The highest BCUT2D eigenvalue weighted by Crippen LogP contribution is 2.48. The van der Waals surface area contributed by atoms with Crippen molar-refractivity contribution < 1.29 is 14.7 Å². The summed E-state index contributed by atoms with van der Waals surface area (Å²) in [5.41, 5.74) is 3.25. The van der Waals surface area contributed by atoms with Crippen LogP contribution in [0.2, 0.25) is 5.02 Å². The summed E-state index contributed by atoms with van der Waals surface area (Å²) >= 11 is 6.26. The van der Waals surface area contributed by atoms with Crippen molar-refractivity contribution >= 4 is 29.2 Å². The van der Waals surface area contributed by atoms with E-state index in [-0.39, 0.29) is 18.7 Å². The molecule has 1 amide bonds. The molecule has 0 radical (unpaired) electrons. The first-order valence-electron chi connectivity index (χ1n) is 11.9. The van der Waals surface area contributed by atoms with Crippen LogP contribution in [0.15, 0.2) is 18.2 Å². The highest BCUT2D eigenvalue weighted by atomic mass is 35.5. The minimum absolute atomic E-state index is 0.0234. The van der Waals surface area contributed by atoms with Gasteiger partial charge >= 0.3 is 5.97 Å². The van der Waals surface area contributed by atoms with Gasteiger partial charge in [-0.25, -0.2) is 4.68 Å². The SMILES string of the molecule is Cc1ccc(NC(=O)C[C@H](CC(=O)O)c2nnn([C@H]3C[C@@H](CC(C)C)C3)c2C2CC2)c(Cl)c1. The minimum atomic E-state index is -0.946. The number of carbonyl (C=O) groups is 2. The van der Waals surface area contributed by atoms with E-state index in [1.54, 1.807) is 12.1 Å². The fourth-order valence-electron chi connectivity index (χ4n) is 5.01. The molecule has 8 heteroatoms. The maximum absolute atomic E-state index is 12.8. The van der Waals surface area contributed by atoms with Gasteiger partial charge < -0.3 is 10.4 Å². The van der Waals surface area contributed by atoms with Crippen molar-refractivity contribution in [1.29, 1.82) is 0 Å². The molecule has 2 fully saturated rings. The first-order valence-corrected chi connectivity index (χ1v) is 12.3. The Hall–Kier alpha value is -2.41. The van der Waals surface area contributed by atoms with Crippen LogP contribution in [0, 0.1) is 18.8 Å². The molecule has 2 aliphatic carbocycles. The van der Waals surface area contributed by atoms with Crippen molar-refractivity contribution in [3.8, 4) is 0 Å². The quantitative estimate of drug-likeness (QED) is 0.462. The lowest BCUT2D eigenvalue weighted by molar-refractivity contribution is -0.137. The molecule has 0 saturated heterocycles. The van der Waals surface area contributed by atoms with E-state index in [2.05, 4.69) is 29.5 Å². The molecule has 0 unspecified atom stereocenters. The number of carboxylic acids is 1. The Morgan fingerprint density at radius 3 is 2.58 bits per heavy atom. The van der Waals surface area contributed by atoms with Gasteiger partial charge in [0.25, 0.3) is 0 Å². The standard InChI is InChI=1S/C25H33ClN4O3/c1-14(2)8-16-10-19(11-16)30-25(17-5-6-17)24(28-29-30)18(13-23(32)33)12-22(31)27-21-7-4-15(3)9-20(21)26/h4,7,9,14,16-19H,5-6,8,10-13H2,1-3H3,(H,27,31)(H,32,33)/t16-,18-,19+/m1/s1. The van der Waals surface area contributed by atoms with Gasteiger partial charge in [-0.1, -0.05) is 36.7 Å². The smallest absolute Gasteiger partial charge is 0.304 e. The number of rotatable bonds is 10. The van der Waals surface area contributed by atoms with Crippen LogP contribution in [0.1, 0.15) is 93.6 Å². The lowest BCUT2D eigenvalue weighted by Crippen LogP contribution is -2.29. The van der Waals surface area contributed by atoms with Gasteiger partial charge in [-0.05, 0) is 68.6 Å². The van der Waals surface area contributed by atoms with E-state index in [0.717, 1.165) is 42.9 Å². The van der Waals surface area contributed by atoms with Crippen LogP contribution in [-0.4, -0.2) is 32.0 Å². The average molecular weight is 473 g/mol. The second kappa shape index (κ2) is 9.84.